The molecule has 9 nitrogen and oxygen atoms in total. The molecule has 196 valence electrons. The van der Waals surface area contributed by atoms with E-state index in [1.54, 1.807) is 24.1 Å². The van der Waals surface area contributed by atoms with E-state index < -0.39 is 19.1 Å². The molecule has 12 heteroatoms. The van der Waals surface area contributed by atoms with Crippen molar-refractivity contribution in [3.8, 4) is 5.88 Å². The molecule has 0 amide bonds. The Morgan fingerprint density at radius 3 is 2.44 bits per heavy atom. The SMILES string of the molecule is C=Nc1ccc(OCC(F)(F)F)nc1N(c1ccc(N(C)C)nc1)C(O)N(C)/N=C(\C=C/CC)CC. The molecule has 0 aromatic carbocycles. The van der Waals surface area contributed by atoms with Crippen LogP contribution in [0.5, 0.6) is 5.88 Å². The Hall–Kier alpha value is -3.67. The second kappa shape index (κ2) is 12.9. The molecule has 0 spiro atoms. The van der Waals surface area contributed by atoms with Gasteiger partial charge in [0.25, 0.3) is 0 Å². The predicted octanol–water partition coefficient (Wildman–Crippen LogP) is 4.89. The van der Waals surface area contributed by atoms with Crippen molar-refractivity contribution in [2.24, 2.45) is 10.1 Å². The average Bonchev–Trinajstić information content (AvgIpc) is 2.85. The highest BCUT2D eigenvalue weighted by molar-refractivity contribution is 5.94. The second-order valence-electron chi connectivity index (χ2n) is 7.87. The molecule has 1 unspecified atom stereocenters. The Morgan fingerprint density at radius 1 is 1.19 bits per heavy atom. The molecule has 2 aromatic heterocycles. The number of anilines is 3. The molecule has 0 aliphatic heterocycles. The van der Waals surface area contributed by atoms with Gasteiger partial charge in [-0.1, -0.05) is 19.9 Å². The monoisotopic (exact) mass is 507 g/mol. The summed E-state index contributed by atoms with van der Waals surface area (Å²) in [5.41, 5.74) is 1.32. The molecule has 0 radical (unpaired) electrons. The highest BCUT2D eigenvalue weighted by atomic mass is 19.4. The van der Waals surface area contributed by atoms with E-state index in [4.69, 9.17) is 4.74 Å². The van der Waals surface area contributed by atoms with Gasteiger partial charge < -0.3 is 14.7 Å². The van der Waals surface area contributed by atoms with Crippen LogP contribution in [0.2, 0.25) is 0 Å². The minimum atomic E-state index is -4.54. The van der Waals surface area contributed by atoms with Crippen molar-refractivity contribution in [3.63, 3.8) is 0 Å². The van der Waals surface area contributed by atoms with Crippen LogP contribution < -0.4 is 14.5 Å². The molecule has 2 aromatic rings. The molecule has 0 fully saturated rings. The van der Waals surface area contributed by atoms with Crippen LogP contribution in [0.3, 0.4) is 0 Å². The molecule has 1 atom stereocenters. The number of hydrogen-bond donors (Lipinski definition) is 1. The van der Waals surface area contributed by atoms with E-state index in [0.717, 1.165) is 12.1 Å². The molecular weight excluding hydrogens is 475 g/mol. The molecule has 36 heavy (non-hydrogen) atoms. The van der Waals surface area contributed by atoms with Crippen molar-refractivity contribution in [2.75, 3.05) is 37.5 Å². The van der Waals surface area contributed by atoms with Gasteiger partial charge in [-0.3, -0.25) is 14.9 Å². The van der Waals surface area contributed by atoms with E-state index in [0.29, 0.717) is 17.9 Å². The van der Waals surface area contributed by atoms with Gasteiger partial charge in [-0.05, 0) is 43.8 Å². The lowest BCUT2D eigenvalue weighted by Gasteiger charge is -2.34. The van der Waals surface area contributed by atoms with Crippen LogP contribution in [-0.2, 0) is 0 Å². The summed E-state index contributed by atoms with van der Waals surface area (Å²) < 4.78 is 43.0. The van der Waals surface area contributed by atoms with E-state index in [1.807, 2.05) is 40.1 Å². The number of hydrazone groups is 1. The second-order valence-corrected chi connectivity index (χ2v) is 7.87. The largest absolute Gasteiger partial charge is 0.468 e. The zero-order valence-corrected chi connectivity index (χ0v) is 21.1. The maximum atomic E-state index is 12.7. The third-order valence-electron chi connectivity index (χ3n) is 4.84. The standard InChI is InChI=1S/C24H32F3N7O2/c1-7-9-10-17(8-2)31-33(6)23(35)34(18-11-13-20(29-15-18)32(4)5)22-19(28-3)12-14-21(30-22)36-16-24(25,26)27/h9-15,23,35H,3,7-8,16H2,1-2,4-6H3/b10-9-,31-17-. The van der Waals surface area contributed by atoms with Crippen molar-refractivity contribution >= 4 is 35.4 Å². The smallest absolute Gasteiger partial charge is 0.422 e. The maximum absolute atomic E-state index is 12.7. The zero-order valence-electron chi connectivity index (χ0n) is 21.1. The molecule has 0 saturated heterocycles. The number of aliphatic hydroxyl groups is 1. The predicted molar refractivity (Wildman–Crippen MR) is 137 cm³/mol. The summed E-state index contributed by atoms with van der Waals surface area (Å²) in [7, 11) is 5.23. The van der Waals surface area contributed by atoms with Gasteiger partial charge in [0.1, 0.15) is 11.5 Å². The number of hydrogen-bond acceptors (Lipinski definition) is 9. The third-order valence-corrected chi connectivity index (χ3v) is 4.84. The first-order valence-corrected chi connectivity index (χ1v) is 11.3. The fourth-order valence-corrected chi connectivity index (χ4v) is 3.01. The summed E-state index contributed by atoms with van der Waals surface area (Å²) in [5.74, 6) is 0.381. The fraction of sp³-hybridized carbons (Fsp3) is 0.417. The molecule has 2 heterocycles. The lowest BCUT2D eigenvalue weighted by Crippen LogP contribution is -2.42. The first-order chi connectivity index (χ1) is 17.0. The summed E-state index contributed by atoms with van der Waals surface area (Å²) >= 11 is 0. The summed E-state index contributed by atoms with van der Waals surface area (Å²) in [4.78, 5) is 15.7. The first-order valence-electron chi connectivity index (χ1n) is 11.3. The van der Waals surface area contributed by atoms with E-state index >= 15 is 0 Å². The topological polar surface area (TPSA) is 89.7 Å². The van der Waals surface area contributed by atoms with Gasteiger partial charge in [-0.2, -0.15) is 23.3 Å². The minimum absolute atomic E-state index is 0.0146. The number of halogens is 3. The molecule has 2 rings (SSSR count). The summed E-state index contributed by atoms with van der Waals surface area (Å²) in [5, 5.41) is 17.2. The van der Waals surface area contributed by atoms with Gasteiger partial charge in [-0.15, -0.1) is 0 Å². The minimum Gasteiger partial charge on any atom is -0.468 e. The quantitative estimate of drug-likeness (QED) is 0.248. The highest BCUT2D eigenvalue weighted by Crippen LogP contribution is 2.36. The van der Waals surface area contributed by atoms with Crippen molar-refractivity contribution in [1.29, 1.82) is 0 Å². The number of allylic oxidation sites excluding steroid dienone is 2. The number of aromatic nitrogens is 2. The normalized spacial score (nSPS) is 13.0. The van der Waals surface area contributed by atoms with Crippen LogP contribution in [0.4, 0.5) is 36.2 Å². The Labute approximate surface area is 209 Å². The number of aliphatic imine (C=N–C) groups is 1. The lowest BCUT2D eigenvalue weighted by atomic mass is 10.2. The molecule has 0 aliphatic rings. The number of aliphatic hydroxyl groups excluding tert-OH is 1. The van der Waals surface area contributed by atoms with Crippen LogP contribution in [0.1, 0.15) is 26.7 Å². The van der Waals surface area contributed by atoms with Crippen molar-refractivity contribution in [2.45, 2.75) is 39.2 Å². The van der Waals surface area contributed by atoms with E-state index in [9.17, 15) is 18.3 Å². The van der Waals surface area contributed by atoms with Gasteiger partial charge in [0.05, 0.1) is 17.6 Å². The zero-order chi connectivity index (χ0) is 26.9. The lowest BCUT2D eigenvalue weighted by molar-refractivity contribution is -0.154. The van der Waals surface area contributed by atoms with Gasteiger partial charge in [-0.25, -0.2) is 4.98 Å². The van der Waals surface area contributed by atoms with Crippen LogP contribution in [-0.4, -0.2) is 72.8 Å². The molecular formula is C24H32F3N7O2. The Bertz CT molecular complexity index is 1060. The number of rotatable bonds is 12. The third kappa shape index (κ3) is 7.94. The first kappa shape index (κ1) is 28.6. The summed E-state index contributed by atoms with van der Waals surface area (Å²) in [6.45, 7) is 5.94. The average molecular weight is 508 g/mol. The van der Waals surface area contributed by atoms with Gasteiger partial charge >= 0.3 is 6.18 Å². The number of nitrogens with zero attached hydrogens (tertiary/aromatic N) is 7. The molecule has 0 aliphatic carbocycles. The Kier molecular flexibility index (Phi) is 10.2. The molecule has 0 saturated carbocycles. The summed E-state index contributed by atoms with van der Waals surface area (Å²) in [6, 6.07) is 6.08. The van der Waals surface area contributed by atoms with E-state index in [1.165, 1.54) is 28.2 Å². The van der Waals surface area contributed by atoms with Crippen LogP contribution in [0, 0.1) is 0 Å². The van der Waals surface area contributed by atoms with Crippen LogP contribution >= 0.6 is 0 Å². The van der Waals surface area contributed by atoms with Crippen LogP contribution in [0.25, 0.3) is 0 Å². The molecule has 0 bridgehead atoms. The maximum Gasteiger partial charge on any atom is 0.422 e. The fourth-order valence-electron chi connectivity index (χ4n) is 3.01. The number of ether oxygens (including phenoxy) is 1. The van der Waals surface area contributed by atoms with Gasteiger partial charge in [0, 0.05) is 27.2 Å². The Morgan fingerprint density at radius 2 is 1.92 bits per heavy atom. The summed E-state index contributed by atoms with van der Waals surface area (Å²) in [6.07, 6.45) is 0.787. The van der Waals surface area contributed by atoms with Gasteiger partial charge in [0.2, 0.25) is 12.2 Å². The van der Waals surface area contributed by atoms with E-state index in [-0.39, 0.29) is 17.4 Å². The van der Waals surface area contributed by atoms with E-state index in [2.05, 4.69) is 26.8 Å². The molecule has 1 N–H and O–H groups in total. The highest BCUT2D eigenvalue weighted by Gasteiger charge is 2.30. The van der Waals surface area contributed by atoms with Crippen molar-refractivity contribution in [1.82, 2.24) is 15.0 Å². The Balaban J connectivity index is 2.60. The van der Waals surface area contributed by atoms with Crippen molar-refractivity contribution in [3.05, 3.63) is 42.6 Å². The van der Waals surface area contributed by atoms with Gasteiger partial charge in [0.15, 0.2) is 12.4 Å². The van der Waals surface area contributed by atoms with Crippen LogP contribution in [0.15, 0.2) is 52.7 Å². The van der Waals surface area contributed by atoms with Crippen molar-refractivity contribution < 1.29 is 23.0 Å². The number of pyridine rings is 2. The number of alkyl halides is 3.